The molecule has 0 aliphatic rings. The highest BCUT2D eigenvalue weighted by molar-refractivity contribution is 9.10. The van der Waals surface area contributed by atoms with Crippen LogP contribution in [0.15, 0.2) is 134 Å². The number of aromatic nitrogens is 7. The van der Waals surface area contributed by atoms with Gasteiger partial charge in [-0.05, 0) is 46.3 Å². The number of anilines is 5. The van der Waals surface area contributed by atoms with Crippen molar-refractivity contribution in [3.63, 3.8) is 0 Å². The van der Waals surface area contributed by atoms with Crippen LogP contribution in [0.25, 0.3) is 22.3 Å². The van der Waals surface area contributed by atoms with Gasteiger partial charge in [0, 0.05) is 78.0 Å². The van der Waals surface area contributed by atoms with Crippen molar-refractivity contribution in [2.75, 3.05) is 28.7 Å². The molecule has 305 valence electrons. The molecule has 1 radical (unpaired) electrons. The molecule has 0 atom stereocenters. The summed E-state index contributed by atoms with van der Waals surface area (Å²) in [6.07, 6.45) is 20.7. The summed E-state index contributed by atoms with van der Waals surface area (Å²) < 4.78 is 5.01. The molecule has 7 rings (SSSR count). The molecule has 25 heteroatoms. The van der Waals surface area contributed by atoms with Gasteiger partial charge in [-0.3, -0.25) is 65.2 Å². The van der Waals surface area contributed by atoms with Crippen molar-refractivity contribution < 1.29 is 24.4 Å². The Kier molecular flexibility index (Phi) is 18.1. The third kappa shape index (κ3) is 13.9. The van der Waals surface area contributed by atoms with E-state index in [1.165, 1.54) is 37.1 Å². The van der Waals surface area contributed by atoms with Crippen molar-refractivity contribution in [3.8, 4) is 28.0 Å². The van der Waals surface area contributed by atoms with Gasteiger partial charge in [-0.15, -0.1) is 0 Å². The van der Waals surface area contributed by atoms with Gasteiger partial charge < -0.3 is 38.3 Å². The Balaban J connectivity index is 0.000000204. The summed E-state index contributed by atoms with van der Waals surface area (Å²) >= 11 is 3.02. The van der Waals surface area contributed by atoms with Crippen LogP contribution in [0, 0.1) is 30.3 Å². The molecule has 0 aliphatic carbocycles. The number of nitrogens with two attached hydrogens (primary N) is 5. The lowest BCUT2D eigenvalue weighted by atomic mass is 10.1. The fraction of sp³-hybridized carbons (Fsp3) is 0. The molecule has 60 heavy (non-hydrogen) atoms. The average Bonchev–Trinajstić information content (AvgIpc) is 3.25. The number of rotatable bonds is 7. The molecule has 7 heterocycles. The zero-order valence-corrected chi connectivity index (χ0v) is 32.3. The summed E-state index contributed by atoms with van der Waals surface area (Å²) in [7, 11) is 0.622. The van der Waals surface area contributed by atoms with E-state index in [1.807, 2.05) is 12.1 Å². The Hall–Kier alpha value is -8.45. The summed E-state index contributed by atoms with van der Waals surface area (Å²) in [6, 6.07) is 12.1. The van der Waals surface area contributed by atoms with Gasteiger partial charge in [-0.1, -0.05) is 12.1 Å². The number of hydrogen-bond acceptors (Lipinski definition) is 20. The van der Waals surface area contributed by atoms with Crippen molar-refractivity contribution in [2.24, 2.45) is 0 Å². The van der Waals surface area contributed by atoms with Crippen LogP contribution < -0.4 is 33.3 Å². The molecule has 0 bridgehead atoms. The van der Waals surface area contributed by atoms with E-state index in [0.717, 1.165) is 29.7 Å². The quantitative estimate of drug-likeness (QED) is 0.0708. The Morgan fingerprint density at radius 2 is 0.983 bits per heavy atom. The number of hydrogen-bond donors (Lipinski definition) is 6. The van der Waals surface area contributed by atoms with Crippen LogP contribution in [0.4, 0.5) is 45.5 Å². The van der Waals surface area contributed by atoms with E-state index in [1.54, 1.807) is 61.4 Å². The maximum atomic E-state index is 10.7. The van der Waals surface area contributed by atoms with Gasteiger partial charge >= 0.3 is 24.7 Å². The van der Waals surface area contributed by atoms with Crippen molar-refractivity contribution in [1.82, 2.24) is 34.9 Å². The Morgan fingerprint density at radius 3 is 1.43 bits per heavy atom. The summed E-state index contributed by atoms with van der Waals surface area (Å²) in [4.78, 5) is 55.9. The molecule has 0 unspecified atom stereocenters. The van der Waals surface area contributed by atoms with Gasteiger partial charge in [-0.25, -0.2) is 0 Å². The van der Waals surface area contributed by atoms with E-state index >= 15 is 0 Å². The van der Waals surface area contributed by atoms with Crippen LogP contribution in [0.5, 0.6) is 5.75 Å². The Morgan fingerprint density at radius 1 is 0.517 bits per heavy atom. The van der Waals surface area contributed by atoms with E-state index in [0.29, 0.717) is 40.4 Å². The summed E-state index contributed by atoms with van der Waals surface area (Å²) in [5, 5.41) is 39.2. The van der Waals surface area contributed by atoms with E-state index < -0.39 is 14.8 Å². The predicted octanol–water partition coefficient (Wildman–Crippen LogP) is 4.84. The molecule has 7 aromatic rings. The third-order valence-electron chi connectivity index (χ3n) is 7.09. The third-order valence-corrected chi connectivity index (χ3v) is 7.73. The number of halogens is 1. The molecule has 0 saturated carbocycles. The first-order chi connectivity index (χ1) is 28.8. The average molecular weight is 881 g/mol. The maximum Gasteiger partial charge on any atom is 0.569 e. The van der Waals surface area contributed by atoms with Gasteiger partial charge in [0.05, 0.1) is 43.0 Å². The van der Waals surface area contributed by atoms with Gasteiger partial charge in [-0.2, -0.15) is 0 Å². The molecule has 23 nitrogen and oxygen atoms in total. The minimum Gasteiger partial charge on any atom is -0.536 e. The normalized spacial score (nSPS) is 9.57. The number of nitrogens with zero attached hydrogens (tertiary/aromatic N) is 10. The van der Waals surface area contributed by atoms with E-state index in [-0.39, 0.29) is 34.1 Å². The first kappa shape index (κ1) is 45.9. The van der Waals surface area contributed by atoms with Crippen LogP contribution in [0.3, 0.4) is 0 Å². The zero-order valence-electron chi connectivity index (χ0n) is 30.7. The standard InChI is InChI=1S/C10H8N4O2.C10H10N4.C5H5BNO2.C5H4BrN3O2.C5H5N3O2/c11-10-8(7-2-1-3-12-4-7)5-13-6-9(10)14(15)16;11-9-6-14-5-8(10(9)12)7-2-1-3-13-4-7;8-6-9-5-2-1-3-7-4-5;6-3-1-8-2-4(5(3)7)9(10)11;6-4-1-2-7-3-5(4)8(9)10/h1-6H,(H2,11,13);1-6H,11H2,(H2,12,14);1-4,8H;1-2H,(H2,7,8);1-3H,(H2,6,7). The summed E-state index contributed by atoms with van der Waals surface area (Å²) in [5.41, 5.74) is 31.6. The molecule has 0 amide bonds. The smallest absolute Gasteiger partial charge is 0.536 e. The van der Waals surface area contributed by atoms with Crippen LogP contribution in [0.1, 0.15) is 0 Å². The highest BCUT2D eigenvalue weighted by Crippen LogP contribution is 2.31. The van der Waals surface area contributed by atoms with Crippen LogP contribution in [0.2, 0.25) is 0 Å². The first-order valence-corrected chi connectivity index (χ1v) is 17.1. The van der Waals surface area contributed by atoms with E-state index in [9.17, 15) is 30.3 Å². The van der Waals surface area contributed by atoms with E-state index in [2.05, 4.69) is 55.5 Å². The highest BCUT2D eigenvalue weighted by Gasteiger charge is 2.16. The number of nitrogen functional groups attached to an aromatic ring is 5. The first-order valence-electron chi connectivity index (χ1n) is 16.3. The lowest BCUT2D eigenvalue weighted by Gasteiger charge is -2.06. The maximum absolute atomic E-state index is 10.7. The Bertz CT molecular complexity index is 2480. The summed E-state index contributed by atoms with van der Waals surface area (Å²) in [5.74, 6) is 0.528. The van der Waals surface area contributed by atoms with Gasteiger partial charge in [0.25, 0.3) is 0 Å². The monoisotopic (exact) mass is 880 g/mol. The van der Waals surface area contributed by atoms with Gasteiger partial charge in [0.15, 0.2) is 0 Å². The molecule has 0 spiro atoms. The fourth-order valence-electron chi connectivity index (χ4n) is 4.20. The lowest BCUT2D eigenvalue weighted by Crippen LogP contribution is -1.99. The van der Waals surface area contributed by atoms with Crippen molar-refractivity contribution in [1.29, 1.82) is 0 Å². The minimum atomic E-state index is -0.576. The molecule has 7 aromatic heterocycles. The predicted molar refractivity (Wildman–Crippen MR) is 226 cm³/mol. The molecule has 0 aliphatic heterocycles. The molecule has 11 N–H and O–H groups in total. The SMILES string of the molecule is Nc1c(-c2cccnc2)cncc1[N+](=O)[O-].Nc1c(Br)cncc1[N+](=O)[O-].Nc1ccncc1[N+](=O)[O-].Nc1cncc(-c2cccnc2)c1N.O[B]Oc1cccnc1. The van der Waals surface area contributed by atoms with Crippen molar-refractivity contribution in [3.05, 3.63) is 164 Å². The van der Waals surface area contributed by atoms with Crippen LogP contribution in [-0.4, -0.2) is 62.4 Å². The fourth-order valence-corrected chi connectivity index (χ4v) is 4.52. The zero-order chi connectivity index (χ0) is 44.0. The Labute approximate surface area is 348 Å². The van der Waals surface area contributed by atoms with Gasteiger partial charge in [0.2, 0.25) is 0 Å². The minimum absolute atomic E-state index is 0.102. The summed E-state index contributed by atoms with van der Waals surface area (Å²) in [6.45, 7) is 0. The van der Waals surface area contributed by atoms with Crippen LogP contribution in [-0.2, 0) is 0 Å². The van der Waals surface area contributed by atoms with Crippen molar-refractivity contribution >= 4 is 69.1 Å². The second-order valence-electron chi connectivity index (χ2n) is 11.0. The van der Waals surface area contributed by atoms with Crippen LogP contribution >= 0.6 is 15.9 Å². The number of nitro groups is 3. The van der Waals surface area contributed by atoms with Gasteiger partial charge in [0.1, 0.15) is 41.4 Å². The largest absolute Gasteiger partial charge is 0.569 e. The second-order valence-corrected chi connectivity index (χ2v) is 11.8. The van der Waals surface area contributed by atoms with E-state index in [4.69, 9.17) is 33.7 Å². The van der Waals surface area contributed by atoms with Crippen molar-refractivity contribution in [2.45, 2.75) is 0 Å². The second kappa shape index (κ2) is 23.6. The number of pyridine rings is 7. The molecular weight excluding hydrogens is 849 g/mol. The lowest BCUT2D eigenvalue weighted by molar-refractivity contribution is -0.384. The molecule has 0 saturated heterocycles. The highest BCUT2D eigenvalue weighted by atomic mass is 79.9. The topological polar surface area (TPSA) is 379 Å². The molecular formula is C35H32BBrN15O8. The molecule has 0 aromatic carbocycles. The molecule has 0 fully saturated rings.